The van der Waals surface area contributed by atoms with E-state index < -0.39 is 6.10 Å². The average Bonchev–Trinajstić information content (AvgIpc) is 3.10. The number of aliphatic hydroxyl groups excluding tert-OH is 1. The summed E-state index contributed by atoms with van der Waals surface area (Å²) >= 11 is 0. The van der Waals surface area contributed by atoms with Gasteiger partial charge in [-0.25, -0.2) is 0 Å². The zero-order valence-electron chi connectivity index (χ0n) is 14.4. The molecule has 2 aliphatic rings. The zero-order valence-corrected chi connectivity index (χ0v) is 14.4. The lowest BCUT2D eigenvalue weighted by Gasteiger charge is -2.16. The normalized spacial score (nSPS) is 29.7. The summed E-state index contributed by atoms with van der Waals surface area (Å²) in [7, 11) is 0. The van der Waals surface area contributed by atoms with Crippen LogP contribution in [-0.2, 0) is 19.0 Å². The summed E-state index contributed by atoms with van der Waals surface area (Å²) in [6, 6.07) is 0. The summed E-state index contributed by atoms with van der Waals surface area (Å²) < 4.78 is 16.3. The van der Waals surface area contributed by atoms with Gasteiger partial charge in [-0.15, -0.1) is 0 Å². The van der Waals surface area contributed by atoms with E-state index in [1.165, 1.54) is 44.9 Å². The third-order valence-electron chi connectivity index (χ3n) is 4.75. The second-order valence-corrected chi connectivity index (χ2v) is 6.77. The van der Waals surface area contributed by atoms with Crippen molar-refractivity contribution in [1.82, 2.24) is 0 Å². The molecule has 5 heteroatoms. The highest BCUT2D eigenvalue weighted by Crippen LogP contribution is 2.29. The van der Waals surface area contributed by atoms with Gasteiger partial charge in [0, 0.05) is 6.42 Å². The first-order valence-corrected chi connectivity index (χ1v) is 9.33. The van der Waals surface area contributed by atoms with Crippen LogP contribution in [0.4, 0.5) is 0 Å². The SMILES string of the molecule is CCCCCCCCCCCC(=O)O[C@@H]1COC2C1OC[C@@H]2O. The molecular formula is C18H32O5. The molecule has 5 nitrogen and oxygen atoms in total. The summed E-state index contributed by atoms with van der Waals surface area (Å²) in [5.74, 6) is -0.174. The van der Waals surface area contributed by atoms with Crippen LogP contribution in [0.3, 0.4) is 0 Å². The highest BCUT2D eigenvalue weighted by atomic mass is 16.6. The fraction of sp³-hybridized carbons (Fsp3) is 0.944. The summed E-state index contributed by atoms with van der Waals surface area (Å²) in [6.07, 6.45) is 9.97. The van der Waals surface area contributed by atoms with E-state index in [2.05, 4.69) is 6.92 Å². The molecule has 2 heterocycles. The molecule has 4 atom stereocenters. The maximum atomic E-state index is 11.9. The van der Waals surface area contributed by atoms with Crippen LogP contribution in [0.5, 0.6) is 0 Å². The standard InChI is InChI=1S/C18H32O5/c1-2-3-4-5-6-7-8-9-10-11-16(20)23-15-13-22-17-14(19)12-21-18(15)17/h14-15,17-19H,2-13H2,1H3/t14-,15+,17?,18?/m0/s1. The Balaban J connectivity index is 1.46. The van der Waals surface area contributed by atoms with Gasteiger partial charge >= 0.3 is 5.97 Å². The summed E-state index contributed by atoms with van der Waals surface area (Å²) in [6.45, 7) is 2.83. The number of hydrogen-bond acceptors (Lipinski definition) is 5. The van der Waals surface area contributed by atoms with Crippen molar-refractivity contribution in [2.45, 2.75) is 95.5 Å². The number of ether oxygens (including phenoxy) is 3. The molecule has 0 saturated carbocycles. The van der Waals surface area contributed by atoms with Gasteiger partial charge in [0.05, 0.1) is 13.2 Å². The van der Waals surface area contributed by atoms with Crippen molar-refractivity contribution in [1.29, 1.82) is 0 Å². The molecule has 134 valence electrons. The average molecular weight is 328 g/mol. The predicted molar refractivity (Wildman–Crippen MR) is 87.2 cm³/mol. The van der Waals surface area contributed by atoms with Gasteiger partial charge in [0.15, 0.2) is 6.10 Å². The second-order valence-electron chi connectivity index (χ2n) is 6.77. The Morgan fingerprint density at radius 1 is 0.957 bits per heavy atom. The minimum absolute atomic E-state index is 0.174. The number of fused-ring (bicyclic) bond motifs is 1. The zero-order chi connectivity index (χ0) is 16.5. The van der Waals surface area contributed by atoms with Crippen molar-refractivity contribution in [3.63, 3.8) is 0 Å². The van der Waals surface area contributed by atoms with Crippen molar-refractivity contribution in [3.05, 3.63) is 0 Å². The minimum Gasteiger partial charge on any atom is -0.457 e. The van der Waals surface area contributed by atoms with Crippen LogP contribution in [0.2, 0.25) is 0 Å². The van der Waals surface area contributed by atoms with Gasteiger partial charge in [0.2, 0.25) is 0 Å². The first kappa shape index (κ1) is 18.7. The molecule has 1 N–H and O–H groups in total. The fourth-order valence-corrected chi connectivity index (χ4v) is 3.35. The molecule has 0 aromatic heterocycles. The van der Waals surface area contributed by atoms with E-state index in [4.69, 9.17) is 14.2 Å². The Morgan fingerprint density at radius 3 is 2.26 bits per heavy atom. The summed E-state index contributed by atoms with van der Waals surface area (Å²) in [5, 5.41) is 9.65. The Hall–Kier alpha value is -0.650. The maximum Gasteiger partial charge on any atom is 0.306 e. The lowest BCUT2D eigenvalue weighted by molar-refractivity contribution is -0.153. The molecule has 2 unspecified atom stereocenters. The van der Waals surface area contributed by atoms with E-state index in [1.807, 2.05) is 0 Å². The van der Waals surface area contributed by atoms with E-state index in [0.29, 0.717) is 13.0 Å². The second kappa shape index (κ2) is 10.3. The third kappa shape index (κ3) is 6.05. The Bertz CT molecular complexity index is 346. The van der Waals surface area contributed by atoms with Crippen molar-refractivity contribution in [2.24, 2.45) is 0 Å². The van der Waals surface area contributed by atoms with Gasteiger partial charge in [-0.05, 0) is 6.42 Å². The van der Waals surface area contributed by atoms with E-state index in [1.54, 1.807) is 0 Å². The number of hydrogen-bond donors (Lipinski definition) is 1. The van der Waals surface area contributed by atoms with Gasteiger partial charge in [-0.1, -0.05) is 58.3 Å². The molecule has 2 rings (SSSR count). The van der Waals surface area contributed by atoms with E-state index in [9.17, 15) is 9.90 Å². The molecule has 0 radical (unpaired) electrons. The molecule has 2 saturated heterocycles. The quantitative estimate of drug-likeness (QED) is 0.466. The number of carbonyl (C=O) groups is 1. The van der Waals surface area contributed by atoms with Crippen molar-refractivity contribution in [2.75, 3.05) is 13.2 Å². The topological polar surface area (TPSA) is 65.0 Å². The van der Waals surface area contributed by atoms with Gasteiger partial charge in [-0.2, -0.15) is 0 Å². The van der Waals surface area contributed by atoms with Crippen LogP contribution in [0.25, 0.3) is 0 Å². The number of carbonyl (C=O) groups excluding carboxylic acids is 1. The number of rotatable bonds is 11. The van der Waals surface area contributed by atoms with Crippen molar-refractivity contribution < 1.29 is 24.1 Å². The predicted octanol–water partition coefficient (Wildman–Crippen LogP) is 2.98. The molecular weight excluding hydrogens is 296 g/mol. The monoisotopic (exact) mass is 328 g/mol. The number of unbranched alkanes of at least 4 members (excludes halogenated alkanes) is 8. The third-order valence-corrected chi connectivity index (χ3v) is 4.75. The van der Waals surface area contributed by atoms with E-state index in [-0.39, 0.29) is 30.9 Å². The first-order valence-electron chi connectivity index (χ1n) is 9.33. The van der Waals surface area contributed by atoms with Crippen LogP contribution in [0, 0.1) is 0 Å². The largest absolute Gasteiger partial charge is 0.457 e. The fourth-order valence-electron chi connectivity index (χ4n) is 3.35. The van der Waals surface area contributed by atoms with Crippen LogP contribution < -0.4 is 0 Å². The summed E-state index contributed by atoms with van der Waals surface area (Å²) in [5.41, 5.74) is 0. The molecule has 0 amide bonds. The van der Waals surface area contributed by atoms with Gasteiger partial charge in [0.25, 0.3) is 0 Å². The van der Waals surface area contributed by atoms with Crippen LogP contribution in [0.15, 0.2) is 0 Å². The minimum atomic E-state index is -0.596. The Morgan fingerprint density at radius 2 is 1.57 bits per heavy atom. The van der Waals surface area contributed by atoms with Crippen LogP contribution >= 0.6 is 0 Å². The van der Waals surface area contributed by atoms with Crippen molar-refractivity contribution >= 4 is 5.97 Å². The molecule has 0 aromatic carbocycles. The molecule has 0 aromatic rings. The maximum absolute atomic E-state index is 11.9. The first-order chi connectivity index (χ1) is 11.2. The molecule has 0 aliphatic carbocycles. The van der Waals surface area contributed by atoms with Gasteiger partial charge in [0.1, 0.15) is 18.3 Å². The molecule has 23 heavy (non-hydrogen) atoms. The number of esters is 1. The Kier molecular flexibility index (Phi) is 8.34. The van der Waals surface area contributed by atoms with E-state index >= 15 is 0 Å². The molecule has 0 spiro atoms. The summed E-state index contributed by atoms with van der Waals surface area (Å²) in [4.78, 5) is 11.9. The lowest BCUT2D eigenvalue weighted by atomic mass is 10.1. The highest BCUT2D eigenvalue weighted by molar-refractivity contribution is 5.69. The van der Waals surface area contributed by atoms with Gasteiger partial charge in [-0.3, -0.25) is 4.79 Å². The number of aliphatic hydroxyl groups is 1. The van der Waals surface area contributed by atoms with Crippen LogP contribution in [-0.4, -0.2) is 48.7 Å². The Labute approximate surface area is 139 Å². The van der Waals surface area contributed by atoms with E-state index in [0.717, 1.165) is 12.8 Å². The smallest absolute Gasteiger partial charge is 0.306 e. The molecule has 2 aliphatic heterocycles. The van der Waals surface area contributed by atoms with Crippen molar-refractivity contribution in [3.8, 4) is 0 Å². The molecule has 0 bridgehead atoms. The lowest BCUT2D eigenvalue weighted by Crippen LogP contribution is -2.34. The highest BCUT2D eigenvalue weighted by Gasteiger charge is 2.48. The van der Waals surface area contributed by atoms with Gasteiger partial charge < -0.3 is 19.3 Å². The van der Waals surface area contributed by atoms with Crippen LogP contribution in [0.1, 0.15) is 71.1 Å². The molecule has 2 fully saturated rings.